The third-order valence-electron chi connectivity index (χ3n) is 2.44. The number of hydrogen-bond donors (Lipinski definition) is 2. The SMILES string of the molecule is NC(=O)CN(CC(=O)O)C(=O)N1CCCOCC1. The Morgan fingerprint density at radius 1 is 1.22 bits per heavy atom. The number of nitrogens with two attached hydrogens (primary N) is 1. The monoisotopic (exact) mass is 259 g/mol. The van der Waals surface area contributed by atoms with Crippen molar-refractivity contribution in [1.29, 1.82) is 0 Å². The van der Waals surface area contributed by atoms with Gasteiger partial charge < -0.3 is 25.4 Å². The zero-order valence-electron chi connectivity index (χ0n) is 10.0. The van der Waals surface area contributed by atoms with E-state index in [1.54, 1.807) is 0 Å². The Morgan fingerprint density at radius 2 is 1.94 bits per heavy atom. The van der Waals surface area contributed by atoms with Crippen molar-refractivity contribution in [3.8, 4) is 0 Å². The molecule has 0 aromatic rings. The molecule has 8 nitrogen and oxygen atoms in total. The highest BCUT2D eigenvalue weighted by Crippen LogP contribution is 2.04. The highest BCUT2D eigenvalue weighted by atomic mass is 16.5. The molecule has 0 atom stereocenters. The lowest BCUT2D eigenvalue weighted by Crippen LogP contribution is -2.49. The molecule has 0 unspecified atom stereocenters. The van der Waals surface area contributed by atoms with E-state index in [1.165, 1.54) is 4.90 Å². The van der Waals surface area contributed by atoms with E-state index in [0.717, 1.165) is 4.90 Å². The van der Waals surface area contributed by atoms with Crippen LogP contribution in [0.15, 0.2) is 0 Å². The smallest absolute Gasteiger partial charge is 0.323 e. The van der Waals surface area contributed by atoms with Crippen molar-refractivity contribution >= 4 is 17.9 Å². The van der Waals surface area contributed by atoms with Gasteiger partial charge in [0.1, 0.15) is 13.1 Å². The molecule has 0 spiro atoms. The van der Waals surface area contributed by atoms with Gasteiger partial charge in [-0.1, -0.05) is 0 Å². The third-order valence-corrected chi connectivity index (χ3v) is 2.44. The number of hydrogen-bond acceptors (Lipinski definition) is 4. The average molecular weight is 259 g/mol. The molecular formula is C10H17N3O5. The molecule has 0 aromatic carbocycles. The summed E-state index contributed by atoms with van der Waals surface area (Å²) in [4.78, 5) is 35.9. The Kier molecular flexibility index (Phi) is 5.37. The van der Waals surface area contributed by atoms with Crippen LogP contribution in [-0.4, -0.2) is 72.2 Å². The molecule has 8 heteroatoms. The lowest BCUT2D eigenvalue weighted by atomic mass is 10.4. The number of primary amides is 1. The molecule has 0 aromatic heterocycles. The zero-order chi connectivity index (χ0) is 13.5. The van der Waals surface area contributed by atoms with Gasteiger partial charge in [-0.3, -0.25) is 9.59 Å². The second-order valence-corrected chi connectivity index (χ2v) is 3.95. The number of ether oxygens (including phenoxy) is 1. The lowest BCUT2D eigenvalue weighted by Gasteiger charge is -2.27. The van der Waals surface area contributed by atoms with Gasteiger partial charge in [0.25, 0.3) is 0 Å². The van der Waals surface area contributed by atoms with E-state index in [2.05, 4.69) is 0 Å². The van der Waals surface area contributed by atoms with Crippen molar-refractivity contribution in [1.82, 2.24) is 9.80 Å². The number of urea groups is 1. The molecule has 1 saturated heterocycles. The highest BCUT2D eigenvalue weighted by Gasteiger charge is 2.24. The van der Waals surface area contributed by atoms with Crippen LogP contribution in [0.3, 0.4) is 0 Å². The summed E-state index contributed by atoms with van der Waals surface area (Å²) in [7, 11) is 0. The first kappa shape index (κ1) is 14.2. The van der Waals surface area contributed by atoms with Gasteiger partial charge in [0.05, 0.1) is 6.61 Å². The zero-order valence-corrected chi connectivity index (χ0v) is 10.0. The lowest BCUT2D eigenvalue weighted by molar-refractivity contribution is -0.138. The van der Waals surface area contributed by atoms with Gasteiger partial charge in [0.15, 0.2) is 0 Å². The van der Waals surface area contributed by atoms with Crippen LogP contribution in [-0.2, 0) is 14.3 Å². The van der Waals surface area contributed by atoms with Gasteiger partial charge >= 0.3 is 12.0 Å². The summed E-state index contributed by atoms with van der Waals surface area (Å²) in [5, 5.41) is 8.71. The number of carbonyl (C=O) groups excluding carboxylic acids is 2. The number of carbonyl (C=O) groups is 3. The fraction of sp³-hybridized carbons (Fsp3) is 0.700. The number of nitrogens with zero attached hydrogens (tertiary/aromatic N) is 2. The predicted molar refractivity (Wildman–Crippen MR) is 60.8 cm³/mol. The van der Waals surface area contributed by atoms with E-state index in [9.17, 15) is 14.4 Å². The van der Waals surface area contributed by atoms with Crippen LogP contribution in [0.2, 0.25) is 0 Å². The topological polar surface area (TPSA) is 113 Å². The van der Waals surface area contributed by atoms with E-state index in [1.807, 2.05) is 0 Å². The molecule has 1 aliphatic heterocycles. The minimum atomic E-state index is -1.18. The fourth-order valence-electron chi connectivity index (χ4n) is 1.68. The van der Waals surface area contributed by atoms with Crippen molar-refractivity contribution in [2.75, 3.05) is 39.4 Å². The molecule has 1 fully saturated rings. The van der Waals surface area contributed by atoms with E-state index >= 15 is 0 Å². The maximum atomic E-state index is 12.0. The van der Waals surface area contributed by atoms with E-state index < -0.39 is 31.0 Å². The molecule has 1 rings (SSSR count). The first-order valence-electron chi connectivity index (χ1n) is 5.62. The molecule has 1 aliphatic rings. The molecule has 0 bridgehead atoms. The van der Waals surface area contributed by atoms with Gasteiger partial charge in [0.2, 0.25) is 5.91 Å². The van der Waals surface area contributed by atoms with E-state index in [0.29, 0.717) is 32.7 Å². The molecule has 102 valence electrons. The summed E-state index contributed by atoms with van der Waals surface area (Å²) < 4.78 is 5.20. The number of amides is 3. The molecule has 18 heavy (non-hydrogen) atoms. The molecular weight excluding hydrogens is 242 g/mol. The number of rotatable bonds is 4. The maximum absolute atomic E-state index is 12.0. The second kappa shape index (κ2) is 6.80. The van der Waals surface area contributed by atoms with Crippen LogP contribution in [0.5, 0.6) is 0 Å². The van der Waals surface area contributed by atoms with Gasteiger partial charge in [-0.05, 0) is 6.42 Å². The number of carboxylic acid groups (broad SMARTS) is 1. The maximum Gasteiger partial charge on any atom is 0.323 e. The van der Waals surface area contributed by atoms with Crippen molar-refractivity contribution in [3.63, 3.8) is 0 Å². The number of aliphatic carboxylic acids is 1. The Labute approximate surface area is 104 Å². The van der Waals surface area contributed by atoms with E-state index in [4.69, 9.17) is 15.6 Å². The van der Waals surface area contributed by atoms with Crippen LogP contribution in [0.25, 0.3) is 0 Å². The Balaban J connectivity index is 2.66. The molecule has 0 aliphatic carbocycles. The largest absolute Gasteiger partial charge is 0.480 e. The molecule has 3 amide bonds. The quantitative estimate of drug-likeness (QED) is 0.651. The first-order valence-corrected chi connectivity index (χ1v) is 5.62. The van der Waals surface area contributed by atoms with E-state index in [-0.39, 0.29) is 0 Å². The Morgan fingerprint density at radius 3 is 2.56 bits per heavy atom. The molecule has 0 saturated carbocycles. The predicted octanol–water partition coefficient (Wildman–Crippen LogP) is -1.30. The van der Waals surface area contributed by atoms with Crippen LogP contribution < -0.4 is 5.73 Å². The van der Waals surface area contributed by atoms with Gasteiger partial charge in [-0.2, -0.15) is 0 Å². The van der Waals surface area contributed by atoms with Crippen LogP contribution in [0, 0.1) is 0 Å². The summed E-state index contributed by atoms with van der Waals surface area (Å²) in [6, 6.07) is -0.498. The van der Waals surface area contributed by atoms with Crippen molar-refractivity contribution in [3.05, 3.63) is 0 Å². The van der Waals surface area contributed by atoms with Crippen molar-refractivity contribution < 1.29 is 24.2 Å². The summed E-state index contributed by atoms with van der Waals surface area (Å²) >= 11 is 0. The van der Waals surface area contributed by atoms with Gasteiger partial charge in [-0.15, -0.1) is 0 Å². The van der Waals surface area contributed by atoms with Crippen molar-refractivity contribution in [2.24, 2.45) is 5.73 Å². The summed E-state index contributed by atoms with van der Waals surface area (Å²) in [5.41, 5.74) is 5.00. The highest BCUT2D eigenvalue weighted by molar-refractivity contribution is 5.86. The van der Waals surface area contributed by atoms with Crippen LogP contribution >= 0.6 is 0 Å². The summed E-state index contributed by atoms with van der Waals surface area (Å²) in [5.74, 6) is -1.92. The summed E-state index contributed by atoms with van der Waals surface area (Å²) in [6.45, 7) is 0.894. The first-order chi connectivity index (χ1) is 8.50. The average Bonchev–Trinajstić information content (AvgIpc) is 2.54. The summed E-state index contributed by atoms with van der Waals surface area (Å²) in [6.07, 6.45) is 0.684. The number of carboxylic acids is 1. The standard InChI is InChI=1S/C10H17N3O5/c11-8(14)6-13(7-9(15)16)10(17)12-2-1-4-18-5-3-12/h1-7H2,(H2,11,14)(H,15,16). The minimum absolute atomic E-state index is 0.383. The van der Waals surface area contributed by atoms with Gasteiger partial charge in [-0.25, -0.2) is 4.79 Å². The Hall–Kier alpha value is -1.83. The second-order valence-electron chi connectivity index (χ2n) is 3.95. The van der Waals surface area contributed by atoms with Crippen LogP contribution in [0.1, 0.15) is 6.42 Å². The van der Waals surface area contributed by atoms with Crippen molar-refractivity contribution in [2.45, 2.75) is 6.42 Å². The molecule has 0 radical (unpaired) electrons. The Bertz CT molecular complexity index is 309. The van der Waals surface area contributed by atoms with Crippen LogP contribution in [0.4, 0.5) is 4.79 Å². The normalized spacial score (nSPS) is 15.9. The third kappa shape index (κ3) is 4.58. The minimum Gasteiger partial charge on any atom is -0.480 e. The fourth-order valence-corrected chi connectivity index (χ4v) is 1.68. The van der Waals surface area contributed by atoms with Gasteiger partial charge in [0, 0.05) is 19.7 Å². The molecule has 1 heterocycles. The molecule has 3 N–H and O–H groups in total.